The molecule has 3 N–H and O–H groups in total. The number of benzene rings is 1. The van der Waals surface area contributed by atoms with E-state index in [9.17, 15) is 9.59 Å². The summed E-state index contributed by atoms with van der Waals surface area (Å²) in [7, 11) is 0. The van der Waals surface area contributed by atoms with E-state index >= 15 is 0 Å². The van der Waals surface area contributed by atoms with Gasteiger partial charge in [0.1, 0.15) is 5.82 Å². The van der Waals surface area contributed by atoms with Crippen molar-refractivity contribution in [3.05, 3.63) is 60.4 Å². The Bertz CT molecular complexity index is 927. The Balaban J connectivity index is 1.42. The number of carbonyl (C=O) groups is 2. The molecule has 3 aromatic rings. The number of pyridine rings is 1. The summed E-state index contributed by atoms with van der Waals surface area (Å²) in [4.78, 5) is 33.2. The first-order valence-electron chi connectivity index (χ1n) is 8.40. The number of amides is 3. The maximum atomic E-state index is 11.9. The van der Waals surface area contributed by atoms with Crippen molar-refractivity contribution in [3.8, 4) is 10.4 Å². The number of hydrogen-bond donors (Lipinski definition) is 3. The Hall–Kier alpha value is -3.26. The summed E-state index contributed by atoms with van der Waals surface area (Å²) in [5.74, 6) is 0.287. The summed E-state index contributed by atoms with van der Waals surface area (Å²) in [5, 5.41) is 8.52. The van der Waals surface area contributed by atoms with E-state index in [0.29, 0.717) is 10.9 Å². The molecule has 3 amide bonds. The lowest BCUT2D eigenvalue weighted by molar-refractivity contribution is -0.116. The van der Waals surface area contributed by atoms with E-state index in [1.165, 1.54) is 11.3 Å². The van der Waals surface area contributed by atoms with Crippen LogP contribution in [0.15, 0.2) is 54.7 Å². The second kappa shape index (κ2) is 8.91. The van der Waals surface area contributed by atoms with Gasteiger partial charge in [-0.1, -0.05) is 47.7 Å². The molecule has 3 rings (SSSR count). The van der Waals surface area contributed by atoms with Crippen molar-refractivity contribution >= 4 is 34.2 Å². The monoisotopic (exact) mass is 381 g/mol. The van der Waals surface area contributed by atoms with Gasteiger partial charge in [0.2, 0.25) is 5.91 Å². The van der Waals surface area contributed by atoms with E-state index < -0.39 is 6.03 Å². The summed E-state index contributed by atoms with van der Waals surface area (Å²) < 4.78 is 0. The summed E-state index contributed by atoms with van der Waals surface area (Å²) in [6, 6.07) is 14.8. The number of anilines is 2. The van der Waals surface area contributed by atoms with E-state index in [4.69, 9.17) is 0 Å². The predicted molar refractivity (Wildman–Crippen MR) is 107 cm³/mol. The Kier molecular flexibility index (Phi) is 6.11. The van der Waals surface area contributed by atoms with Crippen LogP contribution in [0, 0.1) is 6.92 Å². The predicted octanol–water partition coefficient (Wildman–Crippen LogP) is 3.66. The molecule has 0 spiro atoms. The maximum Gasteiger partial charge on any atom is 0.321 e. The molecule has 0 saturated heterocycles. The summed E-state index contributed by atoms with van der Waals surface area (Å²) in [6.07, 6.45) is 1.87. The molecule has 0 atom stereocenters. The number of nitrogens with one attached hydrogen (secondary N) is 3. The quantitative estimate of drug-likeness (QED) is 0.607. The Labute approximate surface area is 160 Å². The van der Waals surface area contributed by atoms with Gasteiger partial charge in [0.05, 0.1) is 4.88 Å². The van der Waals surface area contributed by atoms with E-state index in [-0.39, 0.29) is 18.9 Å². The van der Waals surface area contributed by atoms with Crippen LogP contribution in [0.2, 0.25) is 0 Å². The Morgan fingerprint density at radius 3 is 2.63 bits per heavy atom. The number of rotatable bonds is 6. The molecule has 0 saturated carbocycles. The van der Waals surface area contributed by atoms with E-state index in [0.717, 1.165) is 16.1 Å². The van der Waals surface area contributed by atoms with Gasteiger partial charge >= 0.3 is 6.03 Å². The average Bonchev–Trinajstić information content (AvgIpc) is 3.11. The summed E-state index contributed by atoms with van der Waals surface area (Å²) >= 11 is 1.39. The molecule has 138 valence electrons. The largest absolute Gasteiger partial charge is 0.337 e. The molecule has 27 heavy (non-hydrogen) atoms. The van der Waals surface area contributed by atoms with Gasteiger partial charge in [-0.05, 0) is 24.6 Å². The molecule has 1 aromatic carbocycles. The number of aryl methyl sites for hydroxylation is 1. The molecule has 0 fully saturated rings. The van der Waals surface area contributed by atoms with Gasteiger partial charge in [-0.25, -0.2) is 14.8 Å². The number of urea groups is 1. The molecule has 7 nitrogen and oxygen atoms in total. The second-order valence-electron chi connectivity index (χ2n) is 5.74. The minimum Gasteiger partial charge on any atom is -0.337 e. The highest BCUT2D eigenvalue weighted by molar-refractivity contribution is 7.19. The van der Waals surface area contributed by atoms with Crippen molar-refractivity contribution in [3.63, 3.8) is 0 Å². The molecule has 0 bridgehead atoms. The first kappa shape index (κ1) is 18.5. The molecule has 2 aromatic heterocycles. The molecule has 2 heterocycles. The van der Waals surface area contributed by atoms with Crippen LogP contribution in [0.4, 0.5) is 15.7 Å². The van der Waals surface area contributed by atoms with Crippen LogP contribution in [0.5, 0.6) is 0 Å². The molecule has 0 aliphatic rings. The topological polar surface area (TPSA) is 96.0 Å². The number of nitrogens with zero attached hydrogens (tertiary/aromatic N) is 2. The SMILES string of the molecule is Cc1cccc(NC(=O)CCNC(=O)Nc2ncc(-c3ccccc3)s2)n1. The van der Waals surface area contributed by atoms with Crippen LogP contribution in [0.3, 0.4) is 0 Å². The zero-order valence-corrected chi connectivity index (χ0v) is 15.5. The highest BCUT2D eigenvalue weighted by Crippen LogP contribution is 2.28. The van der Waals surface area contributed by atoms with Crippen molar-refractivity contribution < 1.29 is 9.59 Å². The van der Waals surface area contributed by atoms with Crippen LogP contribution in [-0.4, -0.2) is 28.5 Å². The van der Waals surface area contributed by atoms with E-state index in [2.05, 4.69) is 25.9 Å². The highest BCUT2D eigenvalue weighted by atomic mass is 32.1. The van der Waals surface area contributed by atoms with Crippen molar-refractivity contribution in [2.45, 2.75) is 13.3 Å². The van der Waals surface area contributed by atoms with Crippen molar-refractivity contribution in [1.82, 2.24) is 15.3 Å². The minimum absolute atomic E-state index is 0.149. The molecular formula is C19H19N5O2S. The third-order valence-corrected chi connectivity index (χ3v) is 4.54. The number of aromatic nitrogens is 2. The van der Waals surface area contributed by atoms with Crippen molar-refractivity contribution in [2.24, 2.45) is 0 Å². The highest BCUT2D eigenvalue weighted by Gasteiger charge is 2.09. The van der Waals surface area contributed by atoms with Gasteiger partial charge in [-0.3, -0.25) is 10.1 Å². The van der Waals surface area contributed by atoms with Gasteiger partial charge in [0.15, 0.2) is 5.13 Å². The van der Waals surface area contributed by atoms with Crippen LogP contribution in [-0.2, 0) is 4.79 Å². The molecule has 8 heteroatoms. The molecule has 0 aliphatic heterocycles. The van der Waals surface area contributed by atoms with Gasteiger partial charge in [-0.15, -0.1) is 0 Å². The van der Waals surface area contributed by atoms with E-state index in [1.54, 1.807) is 12.3 Å². The molecule has 0 radical (unpaired) electrons. The summed E-state index contributed by atoms with van der Waals surface area (Å²) in [6.45, 7) is 2.06. The zero-order chi connectivity index (χ0) is 19.1. The number of carbonyl (C=O) groups excluding carboxylic acids is 2. The van der Waals surface area contributed by atoms with Crippen LogP contribution < -0.4 is 16.0 Å². The second-order valence-corrected chi connectivity index (χ2v) is 6.77. The van der Waals surface area contributed by atoms with Gasteiger partial charge < -0.3 is 10.6 Å². The van der Waals surface area contributed by atoms with Crippen molar-refractivity contribution in [2.75, 3.05) is 17.2 Å². The fourth-order valence-corrected chi connectivity index (χ4v) is 3.13. The average molecular weight is 381 g/mol. The van der Waals surface area contributed by atoms with Crippen LogP contribution in [0.25, 0.3) is 10.4 Å². The van der Waals surface area contributed by atoms with Crippen molar-refractivity contribution in [1.29, 1.82) is 0 Å². The van der Waals surface area contributed by atoms with Gasteiger partial charge in [0.25, 0.3) is 0 Å². The van der Waals surface area contributed by atoms with Gasteiger partial charge in [0, 0.05) is 24.9 Å². The normalized spacial score (nSPS) is 10.3. The van der Waals surface area contributed by atoms with Gasteiger partial charge in [-0.2, -0.15) is 0 Å². The molecular weight excluding hydrogens is 362 g/mol. The first-order chi connectivity index (χ1) is 13.1. The lowest BCUT2D eigenvalue weighted by Crippen LogP contribution is -2.31. The molecule has 0 unspecified atom stereocenters. The Morgan fingerprint density at radius 1 is 1.04 bits per heavy atom. The standard InChI is InChI=1S/C19H19N5O2S/c1-13-6-5-9-16(22-13)23-17(25)10-11-20-18(26)24-19-21-12-15(27-19)14-7-3-2-4-8-14/h2-9,12H,10-11H2,1H3,(H,22,23,25)(H2,20,21,24,26). The lowest BCUT2D eigenvalue weighted by atomic mass is 10.2. The Morgan fingerprint density at radius 2 is 1.85 bits per heavy atom. The molecule has 0 aliphatic carbocycles. The van der Waals surface area contributed by atoms with Crippen LogP contribution >= 0.6 is 11.3 Å². The number of hydrogen-bond acceptors (Lipinski definition) is 5. The smallest absolute Gasteiger partial charge is 0.321 e. The van der Waals surface area contributed by atoms with E-state index in [1.807, 2.05) is 49.4 Å². The minimum atomic E-state index is -0.398. The fourth-order valence-electron chi connectivity index (χ4n) is 2.32. The van der Waals surface area contributed by atoms with Crippen LogP contribution in [0.1, 0.15) is 12.1 Å². The third-order valence-electron chi connectivity index (χ3n) is 3.58. The number of thiazole rings is 1. The zero-order valence-electron chi connectivity index (χ0n) is 14.7. The first-order valence-corrected chi connectivity index (χ1v) is 9.21. The lowest BCUT2D eigenvalue weighted by Gasteiger charge is -2.06. The summed E-state index contributed by atoms with van der Waals surface area (Å²) in [5.41, 5.74) is 1.87. The fraction of sp³-hybridized carbons (Fsp3) is 0.158. The third kappa shape index (κ3) is 5.61. The maximum absolute atomic E-state index is 11.9.